The number of amidine groups is 1. The maximum atomic E-state index is 11.8. The zero-order chi connectivity index (χ0) is 18.4. The van der Waals surface area contributed by atoms with Gasteiger partial charge in [-0.1, -0.05) is 11.8 Å². The number of hydrogen-bond acceptors (Lipinski definition) is 5. The van der Waals surface area contributed by atoms with Crippen molar-refractivity contribution in [3.63, 3.8) is 0 Å². The van der Waals surface area contributed by atoms with Crippen LogP contribution in [-0.4, -0.2) is 46.7 Å². The molecule has 1 fully saturated rings. The second-order valence-corrected chi connectivity index (χ2v) is 11.0. The third-order valence-corrected chi connectivity index (χ3v) is 7.06. The molecular formula is C17H26N4O2S2. The molecule has 1 aromatic rings. The van der Waals surface area contributed by atoms with Crippen molar-refractivity contribution >= 4 is 32.5 Å². The first-order valence-corrected chi connectivity index (χ1v) is 11.3. The fourth-order valence-electron chi connectivity index (χ4n) is 3.43. The standard InChI is InChI=1S/C17H26N4O2S2/c1-11-8-14(12(2)21(11)13-6-7-25(22,23)10-13)15-9-24-16(20-19-15)18-17(3,4)5/h8,13H,6-7,9-10H2,1-5H3,(H,18,20)/t13-/m0/s1. The van der Waals surface area contributed by atoms with Crippen molar-refractivity contribution in [1.82, 2.24) is 9.99 Å². The number of aliphatic imine (C=N–C) groups is 1. The Morgan fingerprint density at radius 1 is 1.36 bits per heavy atom. The molecule has 8 heteroatoms. The summed E-state index contributed by atoms with van der Waals surface area (Å²) in [6.45, 7) is 10.3. The Hall–Kier alpha value is -1.28. The molecule has 0 unspecified atom stereocenters. The summed E-state index contributed by atoms with van der Waals surface area (Å²) < 4.78 is 25.8. The highest BCUT2D eigenvalue weighted by atomic mass is 32.2. The van der Waals surface area contributed by atoms with Gasteiger partial charge in [-0.2, -0.15) is 5.10 Å². The molecule has 138 valence electrons. The average Bonchev–Trinajstić information content (AvgIpc) is 2.97. The molecule has 2 aliphatic heterocycles. The van der Waals surface area contributed by atoms with Gasteiger partial charge in [0.25, 0.3) is 0 Å². The van der Waals surface area contributed by atoms with Gasteiger partial charge >= 0.3 is 0 Å². The van der Waals surface area contributed by atoms with Gasteiger partial charge in [0.2, 0.25) is 0 Å². The van der Waals surface area contributed by atoms with Gasteiger partial charge < -0.3 is 4.57 Å². The Kier molecular flexibility index (Phi) is 4.79. The highest BCUT2D eigenvalue weighted by molar-refractivity contribution is 8.14. The number of rotatable bonds is 2. The van der Waals surface area contributed by atoms with E-state index in [1.54, 1.807) is 11.8 Å². The number of nitrogens with one attached hydrogen (secondary N) is 1. The second-order valence-electron chi connectivity index (χ2n) is 7.76. The fraction of sp³-hybridized carbons (Fsp3) is 0.647. The lowest BCUT2D eigenvalue weighted by molar-refractivity contribution is 0.535. The van der Waals surface area contributed by atoms with E-state index in [0.29, 0.717) is 6.42 Å². The molecule has 0 bridgehead atoms. The Morgan fingerprint density at radius 3 is 2.60 bits per heavy atom. The van der Waals surface area contributed by atoms with Gasteiger partial charge in [0.05, 0.1) is 22.8 Å². The van der Waals surface area contributed by atoms with Gasteiger partial charge in [-0.25, -0.2) is 8.42 Å². The van der Waals surface area contributed by atoms with E-state index >= 15 is 0 Å². The average molecular weight is 383 g/mol. The maximum Gasteiger partial charge on any atom is 0.178 e. The van der Waals surface area contributed by atoms with Gasteiger partial charge in [0, 0.05) is 28.7 Å². The predicted molar refractivity (Wildman–Crippen MR) is 106 cm³/mol. The van der Waals surface area contributed by atoms with Crippen molar-refractivity contribution in [2.75, 3.05) is 17.3 Å². The minimum atomic E-state index is -2.90. The normalized spacial score (nSPS) is 25.1. The quantitative estimate of drug-likeness (QED) is 0.853. The van der Waals surface area contributed by atoms with E-state index in [1.807, 2.05) is 6.92 Å². The number of nitrogens with zero attached hydrogens (tertiary/aromatic N) is 3. The Morgan fingerprint density at radius 2 is 2.08 bits per heavy atom. The minimum absolute atomic E-state index is 0.0431. The largest absolute Gasteiger partial charge is 0.344 e. The lowest BCUT2D eigenvalue weighted by Crippen LogP contribution is -2.28. The summed E-state index contributed by atoms with van der Waals surface area (Å²) in [6.07, 6.45) is 0.694. The monoisotopic (exact) mass is 382 g/mol. The summed E-state index contributed by atoms with van der Waals surface area (Å²) in [5, 5.41) is 5.36. The molecule has 1 N–H and O–H groups in total. The number of aryl methyl sites for hydroxylation is 1. The second kappa shape index (κ2) is 6.46. The zero-order valence-electron chi connectivity index (χ0n) is 15.5. The number of thioether (sulfide) groups is 1. The third kappa shape index (κ3) is 4.11. The van der Waals surface area contributed by atoms with Gasteiger partial charge in [0.15, 0.2) is 15.0 Å². The van der Waals surface area contributed by atoms with Crippen LogP contribution >= 0.6 is 11.8 Å². The maximum absolute atomic E-state index is 11.8. The molecule has 0 amide bonds. The van der Waals surface area contributed by atoms with Crippen LogP contribution in [0, 0.1) is 13.8 Å². The van der Waals surface area contributed by atoms with Crippen LogP contribution in [0.3, 0.4) is 0 Å². The van der Waals surface area contributed by atoms with Crippen molar-refractivity contribution in [3.05, 3.63) is 23.0 Å². The summed E-state index contributed by atoms with van der Waals surface area (Å²) >= 11 is 1.65. The minimum Gasteiger partial charge on any atom is -0.344 e. The molecule has 1 aromatic heterocycles. The van der Waals surface area contributed by atoms with E-state index in [0.717, 1.165) is 33.6 Å². The van der Waals surface area contributed by atoms with Crippen LogP contribution < -0.4 is 5.43 Å². The fourth-order valence-corrected chi connectivity index (χ4v) is 6.07. The SMILES string of the molecule is Cc1cc(C2=NNC(=NC(C)(C)C)SC2)c(C)n1[C@H]1CCS(=O)(=O)C1. The van der Waals surface area contributed by atoms with Gasteiger partial charge in [-0.05, 0) is 47.1 Å². The van der Waals surface area contributed by atoms with Gasteiger partial charge in [-0.15, -0.1) is 0 Å². The van der Waals surface area contributed by atoms with E-state index in [2.05, 4.69) is 53.8 Å². The molecular weight excluding hydrogens is 356 g/mol. The summed E-state index contributed by atoms with van der Waals surface area (Å²) in [5.74, 6) is 1.29. The highest BCUT2D eigenvalue weighted by Crippen LogP contribution is 2.30. The number of hydrazone groups is 1. The van der Waals surface area contributed by atoms with E-state index in [1.165, 1.54) is 0 Å². The van der Waals surface area contributed by atoms with Crippen LogP contribution in [0.1, 0.15) is 50.2 Å². The Labute approximate surface area is 154 Å². The molecule has 3 rings (SSSR count). The van der Waals surface area contributed by atoms with Crippen molar-refractivity contribution in [3.8, 4) is 0 Å². The number of sulfone groups is 1. The molecule has 0 radical (unpaired) electrons. The van der Waals surface area contributed by atoms with Crippen LogP contribution in [-0.2, 0) is 9.84 Å². The molecule has 25 heavy (non-hydrogen) atoms. The molecule has 1 atom stereocenters. The van der Waals surface area contributed by atoms with Crippen LogP contribution in [0.5, 0.6) is 0 Å². The first-order valence-electron chi connectivity index (χ1n) is 8.50. The van der Waals surface area contributed by atoms with Crippen molar-refractivity contribution < 1.29 is 8.42 Å². The summed E-state index contributed by atoms with van der Waals surface area (Å²) in [6, 6.07) is 2.16. The molecule has 0 saturated carbocycles. The van der Waals surface area contributed by atoms with Crippen LogP contribution in [0.2, 0.25) is 0 Å². The van der Waals surface area contributed by atoms with E-state index < -0.39 is 9.84 Å². The topological polar surface area (TPSA) is 75.8 Å². The van der Waals surface area contributed by atoms with Crippen LogP contribution in [0.15, 0.2) is 16.2 Å². The molecule has 0 aliphatic carbocycles. The zero-order valence-corrected chi connectivity index (χ0v) is 17.1. The molecule has 0 aromatic carbocycles. The first-order chi connectivity index (χ1) is 11.6. The third-order valence-electron chi connectivity index (χ3n) is 4.44. The first kappa shape index (κ1) is 18.5. The molecule has 3 heterocycles. The predicted octanol–water partition coefficient (Wildman–Crippen LogP) is 2.66. The smallest absolute Gasteiger partial charge is 0.178 e. The van der Waals surface area contributed by atoms with Crippen molar-refractivity contribution in [1.29, 1.82) is 0 Å². The van der Waals surface area contributed by atoms with E-state index in [4.69, 9.17) is 0 Å². The number of aromatic nitrogens is 1. The summed E-state index contributed by atoms with van der Waals surface area (Å²) in [4.78, 5) is 4.61. The lowest BCUT2D eigenvalue weighted by atomic mass is 10.1. The molecule has 0 spiro atoms. The Balaban J connectivity index is 1.86. The molecule has 1 saturated heterocycles. The summed E-state index contributed by atoms with van der Waals surface area (Å²) in [7, 11) is -2.90. The summed E-state index contributed by atoms with van der Waals surface area (Å²) in [5.41, 5.74) is 7.19. The van der Waals surface area contributed by atoms with Crippen molar-refractivity contribution in [2.24, 2.45) is 10.1 Å². The van der Waals surface area contributed by atoms with E-state index in [-0.39, 0.29) is 23.1 Å². The molecule has 6 nitrogen and oxygen atoms in total. The molecule has 2 aliphatic rings. The van der Waals surface area contributed by atoms with E-state index in [9.17, 15) is 8.42 Å². The highest BCUT2D eigenvalue weighted by Gasteiger charge is 2.31. The number of hydrogen-bond donors (Lipinski definition) is 1. The van der Waals surface area contributed by atoms with Gasteiger partial charge in [-0.3, -0.25) is 10.4 Å². The Bertz CT molecular complexity index is 845. The van der Waals surface area contributed by atoms with Crippen molar-refractivity contribution in [2.45, 2.75) is 52.6 Å². The van der Waals surface area contributed by atoms with Crippen LogP contribution in [0.4, 0.5) is 0 Å². The lowest BCUT2D eigenvalue weighted by Gasteiger charge is -2.20. The van der Waals surface area contributed by atoms with Crippen LogP contribution in [0.25, 0.3) is 0 Å². The van der Waals surface area contributed by atoms with Gasteiger partial charge in [0.1, 0.15) is 0 Å².